The minimum absolute atomic E-state index is 0.151. The van der Waals surface area contributed by atoms with Crippen LogP contribution in [0.4, 0.5) is 5.69 Å². The molecule has 0 spiro atoms. The zero-order valence-corrected chi connectivity index (χ0v) is 11.8. The molecule has 0 aliphatic heterocycles. The lowest BCUT2D eigenvalue weighted by Crippen LogP contribution is -2.11. The quantitative estimate of drug-likeness (QED) is 0.888. The summed E-state index contributed by atoms with van der Waals surface area (Å²) in [6, 6.07) is 8.87. The summed E-state index contributed by atoms with van der Waals surface area (Å²) >= 11 is 6.76. The van der Waals surface area contributed by atoms with Gasteiger partial charge in [-0.2, -0.15) is 0 Å². The van der Waals surface area contributed by atoms with Crippen LogP contribution in [-0.4, -0.2) is 10.9 Å². The number of carbonyl (C=O) groups excluding carboxylic acids is 1. The average molecular weight is 356 g/mol. The Morgan fingerprint density at radius 2 is 1.76 bits per heavy atom. The molecule has 0 radical (unpaired) electrons. The molecule has 2 aromatic rings. The van der Waals surface area contributed by atoms with Crippen LogP contribution in [0.15, 0.2) is 51.7 Å². The molecule has 1 amide bonds. The minimum atomic E-state index is -0.151. The van der Waals surface area contributed by atoms with Crippen LogP contribution in [0.25, 0.3) is 0 Å². The highest BCUT2D eigenvalue weighted by Crippen LogP contribution is 2.26. The second kappa shape index (κ2) is 5.42. The van der Waals surface area contributed by atoms with E-state index in [1.54, 1.807) is 24.5 Å². The Morgan fingerprint density at radius 3 is 2.41 bits per heavy atom. The number of anilines is 1. The maximum atomic E-state index is 11.8. The third-order valence-corrected chi connectivity index (χ3v) is 4.00. The number of rotatable bonds is 2. The SMILES string of the molecule is O=C(Nc1ccc(Br)c(Br)c1)c1ccncc1. The fourth-order valence-corrected chi connectivity index (χ4v) is 1.91. The van der Waals surface area contributed by atoms with E-state index < -0.39 is 0 Å². The van der Waals surface area contributed by atoms with Crippen molar-refractivity contribution in [2.75, 3.05) is 5.32 Å². The Kier molecular flexibility index (Phi) is 3.91. The van der Waals surface area contributed by atoms with Crippen molar-refractivity contribution >= 4 is 43.5 Å². The van der Waals surface area contributed by atoms with Crippen molar-refractivity contribution in [1.29, 1.82) is 0 Å². The van der Waals surface area contributed by atoms with Gasteiger partial charge in [-0.3, -0.25) is 9.78 Å². The fraction of sp³-hybridized carbons (Fsp3) is 0. The molecular weight excluding hydrogens is 348 g/mol. The van der Waals surface area contributed by atoms with Crippen LogP contribution in [0.5, 0.6) is 0 Å². The number of hydrogen-bond acceptors (Lipinski definition) is 2. The van der Waals surface area contributed by atoms with E-state index in [4.69, 9.17) is 0 Å². The predicted molar refractivity (Wildman–Crippen MR) is 74.0 cm³/mol. The molecule has 0 aliphatic carbocycles. The number of hydrogen-bond donors (Lipinski definition) is 1. The lowest BCUT2D eigenvalue weighted by Gasteiger charge is -2.06. The molecule has 1 aromatic carbocycles. The van der Waals surface area contributed by atoms with Crippen molar-refractivity contribution < 1.29 is 4.79 Å². The summed E-state index contributed by atoms with van der Waals surface area (Å²) in [5.41, 5.74) is 1.32. The van der Waals surface area contributed by atoms with Crippen LogP contribution in [0.2, 0.25) is 0 Å². The molecule has 1 N–H and O–H groups in total. The number of carbonyl (C=O) groups is 1. The highest BCUT2D eigenvalue weighted by Gasteiger charge is 2.06. The topological polar surface area (TPSA) is 42.0 Å². The second-order valence-corrected chi connectivity index (χ2v) is 5.03. The normalized spacial score (nSPS) is 10.0. The van der Waals surface area contributed by atoms with Crippen molar-refractivity contribution in [3.05, 3.63) is 57.2 Å². The van der Waals surface area contributed by atoms with Gasteiger partial charge in [-0.25, -0.2) is 0 Å². The number of benzene rings is 1. The Labute approximate surface area is 116 Å². The molecular formula is C12H8Br2N2O. The van der Waals surface area contributed by atoms with Gasteiger partial charge < -0.3 is 5.32 Å². The summed E-state index contributed by atoms with van der Waals surface area (Å²) in [6.07, 6.45) is 3.18. The number of amides is 1. The van der Waals surface area contributed by atoms with E-state index in [1.807, 2.05) is 18.2 Å². The Hall–Kier alpha value is -1.20. The lowest BCUT2D eigenvalue weighted by atomic mass is 10.2. The van der Waals surface area contributed by atoms with Crippen LogP contribution < -0.4 is 5.32 Å². The summed E-state index contributed by atoms with van der Waals surface area (Å²) in [4.78, 5) is 15.7. The Balaban J connectivity index is 2.16. The average Bonchev–Trinajstić information content (AvgIpc) is 2.35. The summed E-state index contributed by atoms with van der Waals surface area (Å²) in [7, 11) is 0. The monoisotopic (exact) mass is 354 g/mol. The molecule has 3 nitrogen and oxygen atoms in total. The smallest absolute Gasteiger partial charge is 0.255 e. The largest absolute Gasteiger partial charge is 0.322 e. The molecule has 0 fully saturated rings. The van der Waals surface area contributed by atoms with Gasteiger partial charge in [-0.1, -0.05) is 0 Å². The van der Waals surface area contributed by atoms with Crippen molar-refractivity contribution in [3.63, 3.8) is 0 Å². The predicted octanol–water partition coefficient (Wildman–Crippen LogP) is 3.86. The molecule has 0 saturated carbocycles. The molecule has 17 heavy (non-hydrogen) atoms. The van der Waals surface area contributed by atoms with Crippen molar-refractivity contribution in [3.8, 4) is 0 Å². The van der Waals surface area contributed by atoms with E-state index in [1.165, 1.54) is 0 Å². The van der Waals surface area contributed by atoms with Gasteiger partial charge in [0.05, 0.1) is 0 Å². The van der Waals surface area contributed by atoms with Crippen LogP contribution in [0.3, 0.4) is 0 Å². The zero-order valence-electron chi connectivity index (χ0n) is 8.65. The van der Waals surface area contributed by atoms with Gasteiger partial charge in [-0.15, -0.1) is 0 Å². The maximum absolute atomic E-state index is 11.8. The summed E-state index contributed by atoms with van der Waals surface area (Å²) < 4.78 is 1.84. The zero-order chi connectivity index (χ0) is 12.3. The van der Waals surface area contributed by atoms with Crippen LogP contribution in [0.1, 0.15) is 10.4 Å². The molecule has 2 rings (SSSR count). The van der Waals surface area contributed by atoms with Gasteiger partial charge in [-0.05, 0) is 62.2 Å². The molecule has 0 bridgehead atoms. The first-order valence-corrected chi connectivity index (χ1v) is 6.42. The van der Waals surface area contributed by atoms with Crippen molar-refractivity contribution in [2.45, 2.75) is 0 Å². The standard InChI is InChI=1S/C12H8Br2N2O/c13-10-2-1-9(7-11(10)14)16-12(17)8-3-5-15-6-4-8/h1-7H,(H,16,17). The molecule has 0 atom stereocenters. The van der Waals surface area contributed by atoms with Crippen LogP contribution in [0, 0.1) is 0 Å². The highest BCUT2D eigenvalue weighted by molar-refractivity contribution is 9.13. The Morgan fingerprint density at radius 1 is 1.06 bits per heavy atom. The third-order valence-electron chi connectivity index (χ3n) is 2.12. The Bertz CT molecular complexity index is 543. The number of nitrogens with one attached hydrogen (secondary N) is 1. The lowest BCUT2D eigenvalue weighted by molar-refractivity contribution is 0.102. The summed E-state index contributed by atoms with van der Waals surface area (Å²) in [5, 5.41) is 2.81. The first-order valence-electron chi connectivity index (χ1n) is 4.83. The van der Waals surface area contributed by atoms with Crippen molar-refractivity contribution in [2.24, 2.45) is 0 Å². The molecule has 0 saturated heterocycles. The summed E-state index contributed by atoms with van der Waals surface area (Å²) in [5.74, 6) is -0.151. The van der Waals surface area contributed by atoms with E-state index in [9.17, 15) is 4.79 Å². The van der Waals surface area contributed by atoms with Gasteiger partial charge in [0.2, 0.25) is 0 Å². The molecule has 0 unspecified atom stereocenters. The van der Waals surface area contributed by atoms with Gasteiger partial charge in [0.15, 0.2) is 0 Å². The maximum Gasteiger partial charge on any atom is 0.255 e. The van der Waals surface area contributed by atoms with E-state index in [0.717, 1.165) is 14.6 Å². The molecule has 1 aromatic heterocycles. The second-order valence-electron chi connectivity index (χ2n) is 3.32. The molecule has 0 aliphatic rings. The van der Waals surface area contributed by atoms with Crippen LogP contribution >= 0.6 is 31.9 Å². The van der Waals surface area contributed by atoms with Crippen LogP contribution in [-0.2, 0) is 0 Å². The first kappa shape index (κ1) is 12.3. The first-order chi connectivity index (χ1) is 8.16. The van der Waals surface area contributed by atoms with E-state index in [2.05, 4.69) is 42.2 Å². The van der Waals surface area contributed by atoms with E-state index in [-0.39, 0.29) is 5.91 Å². The van der Waals surface area contributed by atoms with Gasteiger partial charge in [0.25, 0.3) is 5.91 Å². The number of aromatic nitrogens is 1. The summed E-state index contributed by atoms with van der Waals surface area (Å²) in [6.45, 7) is 0. The molecule has 1 heterocycles. The highest BCUT2D eigenvalue weighted by atomic mass is 79.9. The van der Waals surface area contributed by atoms with E-state index >= 15 is 0 Å². The molecule has 86 valence electrons. The molecule has 5 heteroatoms. The van der Waals surface area contributed by atoms with Gasteiger partial charge in [0, 0.05) is 32.6 Å². The van der Waals surface area contributed by atoms with E-state index in [0.29, 0.717) is 5.56 Å². The minimum Gasteiger partial charge on any atom is -0.322 e. The van der Waals surface area contributed by atoms with Crippen molar-refractivity contribution in [1.82, 2.24) is 4.98 Å². The fourth-order valence-electron chi connectivity index (χ4n) is 1.28. The van der Waals surface area contributed by atoms with Gasteiger partial charge in [0.1, 0.15) is 0 Å². The number of halogens is 2. The number of nitrogens with zero attached hydrogens (tertiary/aromatic N) is 1. The number of pyridine rings is 1. The third kappa shape index (κ3) is 3.14. The van der Waals surface area contributed by atoms with Gasteiger partial charge >= 0.3 is 0 Å².